The zero-order valence-electron chi connectivity index (χ0n) is 17.0. The van der Waals surface area contributed by atoms with Gasteiger partial charge in [-0.25, -0.2) is 23.8 Å². The lowest BCUT2D eigenvalue weighted by molar-refractivity contribution is 0.139. The van der Waals surface area contributed by atoms with Crippen LogP contribution in [0.15, 0.2) is 43.0 Å². The molecule has 12 heteroatoms. The van der Waals surface area contributed by atoms with Crippen LogP contribution in [0.2, 0.25) is 0 Å². The Morgan fingerprint density at radius 1 is 1.12 bits per heavy atom. The molecule has 2 fully saturated rings. The van der Waals surface area contributed by atoms with E-state index < -0.39 is 28.9 Å². The predicted molar refractivity (Wildman–Crippen MR) is 114 cm³/mol. The van der Waals surface area contributed by atoms with Crippen LogP contribution >= 0.6 is 0 Å². The number of ether oxygens (including phenoxy) is 1. The number of hydrogen-bond acceptors (Lipinski definition) is 8. The first kappa shape index (κ1) is 20.5. The predicted octanol–water partition coefficient (Wildman–Crippen LogP) is 1.44. The number of nitrogens with zero attached hydrogens (tertiary/aromatic N) is 7. The maximum atomic E-state index is 15.1. The van der Waals surface area contributed by atoms with Gasteiger partial charge in [-0.15, -0.1) is 5.10 Å². The first-order valence-electron chi connectivity index (χ1n) is 10.1. The lowest BCUT2D eigenvalue weighted by Crippen LogP contribution is -2.38. The molecule has 1 unspecified atom stereocenters. The van der Waals surface area contributed by atoms with E-state index in [1.165, 1.54) is 21.8 Å². The number of aromatic nitrogens is 5. The van der Waals surface area contributed by atoms with Crippen LogP contribution in [-0.2, 0) is 15.5 Å². The van der Waals surface area contributed by atoms with Crippen molar-refractivity contribution < 1.29 is 18.1 Å². The van der Waals surface area contributed by atoms with Crippen LogP contribution in [0.25, 0.3) is 11.1 Å². The average molecular weight is 457 g/mol. The normalized spacial score (nSPS) is 18.1. The maximum absolute atomic E-state index is 15.1. The minimum Gasteiger partial charge on any atom is -0.447 e. The number of amides is 1. The van der Waals surface area contributed by atoms with Crippen molar-refractivity contribution in [2.75, 3.05) is 42.6 Å². The first-order chi connectivity index (χ1) is 15.6. The van der Waals surface area contributed by atoms with E-state index in [9.17, 15) is 9.00 Å². The summed E-state index contributed by atoms with van der Waals surface area (Å²) in [5, 5.41) is 7.80. The molecule has 0 spiro atoms. The standard InChI is InChI=1S/C20H20FN7O3S/c21-17-11-14(18(28-4-3-24-25-28)27-5-8-31-20(27)29)1-2-16(17)15-12-22-19(23-13-15)26-6-9-32(30)10-7-26/h1-4,11-13,18H,5-10H2. The fraction of sp³-hybridized carbons (Fsp3) is 0.350. The Balaban J connectivity index is 1.41. The van der Waals surface area contributed by atoms with Crippen LogP contribution in [0.1, 0.15) is 11.7 Å². The second kappa shape index (κ2) is 8.61. The molecule has 2 saturated heterocycles. The fourth-order valence-corrected chi connectivity index (χ4v) is 4.89. The van der Waals surface area contributed by atoms with Crippen LogP contribution in [-0.4, -0.2) is 77.9 Å². The first-order valence-corrected chi connectivity index (χ1v) is 11.6. The Morgan fingerprint density at radius 3 is 2.53 bits per heavy atom. The molecular formula is C20H20FN7O3S. The molecule has 32 heavy (non-hydrogen) atoms. The summed E-state index contributed by atoms with van der Waals surface area (Å²) in [5.41, 5.74) is 1.42. The van der Waals surface area contributed by atoms with E-state index >= 15 is 4.39 Å². The van der Waals surface area contributed by atoms with Crippen molar-refractivity contribution in [1.29, 1.82) is 0 Å². The van der Waals surface area contributed by atoms with Gasteiger partial charge in [-0.1, -0.05) is 17.3 Å². The topological polar surface area (TPSA) is 106 Å². The number of hydrogen-bond donors (Lipinski definition) is 0. The van der Waals surface area contributed by atoms with Gasteiger partial charge in [0.1, 0.15) is 12.4 Å². The number of rotatable bonds is 5. The fourth-order valence-electron chi connectivity index (χ4n) is 3.84. The molecule has 1 atom stereocenters. The monoisotopic (exact) mass is 457 g/mol. The molecule has 2 aliphatic heterocycles. The SMILES string of the molecule is O=C1OCCN1C(c1ccc(-c2cnc(N3CCS(=O)CC3)nc2)c(F)c1)n1ccnn1. The largest absolute Gasteiger partial charge is 0.447 e. The van der Waals surface area contributed by atoms with Crippen LogP contribution < -0.4 is 4.90 Å². The van der Waals surface area contributed by atoms with E-state index in [0.717, 1.165) is 0 Å². The lowest BCUT2D eigenvalue weighted by atomic mass is 10.0. The molecule has 3 aromatic rings. The third kappa shape index (κ3) is 3.93. The quantitative estimate of drug-likeness (QED) is 0.567. The summed E-state index contributed by atoms with van der Waals surface area (Å²) >= 11 is 0. The molecule has 0 bridgehead atoms. The van der Waals surface area contributed by atoms with Crippen LogP contribution in [0.3, 0.4) is 0 Å². The Hall–Kier alpha value is -3.41. The number of anilines is 1. The van der Waals surface area contributed by atoms with E-state index in [4.69, 9.17) is 4.74 Å². The summed E-state index contributed by atoms with van der Waals surface area (Å²) < 4.78 is 33.2. The summed E-state index contributed by atoms with van der Waals surface area (Å²) in [6, 6.07) is 4.75. The molecule has 0 saturated carbocycles. The molecule has 2 aromatic heterocycles. The molecule has 0 N–H and O–H groups in total. The van der Waals surface area contributed by atoms with Crippen molar-refractivity contribution in [2.24, 2.45) is 0 Å². The molecule has 0 aliphatic carbocycles. The third-order valence-corrected chi connectivity index (χ3v) is 6.76. The molecule has 1 aromatic carbocycles. The van der Waals surface area contributed by atoms with Gasteiger partial charge >= 0.3 is 6.09 Å². The third-order valence-electron chi connectivity index (χ3n) is 5.48. The van der Waals surface area contributed by atoms with Gasteiger partial charge in [-0.2, -0.15) is 0 Å². The van der Waals surface area contributed by atoms with E-state index in [0.29, 0.717) is 53.8 Å². The van der Waals surface area contributed by atoms with Gasteiger partial charge in [-0.3, -0.25) is 9.11 Å². The number of halogens is 1. The van der Waals surface area contributed by atoms with Gasteiger partial charge in [0.25, 0.3) is 0 Å². The molecule has 2 aliphatic rings. The number of carbonyl (C=O) groups is 1. The molecule has 4 heterocycles. The van der Waals surface area contributed by atoms with E-state index in [1.807, 2.05) is 4.90 Å². The van der Waals surface area contributed by atoms with Gasteiger partial charge < -0.3 is 9.64 Å². The van der Waals surface area contributed by atoms with Crippen LogP contribution in [0.5, 0.6) is 0 Å². The Labute approximate surface area is 185 Å². The minimum atomic E-state index is -0.782. The summed E-state index contributed by atoms with van der Waals surface area (Å²) in [5.74, 6) is 1.27. The van der Waals surface area contributed by atoms with Crippen molar-refractivity contribution in [3.63, 3.8) is 0 Å². The van der Waals surface area contributed by atoms with E-state index in [2.05, 4.69) is 20.3 Å². The zero-order chi connectivity index (χ0) is 22.1. The Morgan fingerprint density at radius 2 is 1.91 bits per heavy atom. The van der Waals surface area contributed by atoms with Gasteiger partial charge in [-0.05, 0) is 11.6 Å². The molecule has 1 amide bonds. The zero-order valence-corrected chi connectivity index (χ0v) is 17.8. The number of benzene rings is 1. The van der Waals surface area contributed by atoms with Crippen molar-refractivity contribution in [3.05, 3.63) is 54.4 Å². The summed E-state index contributed by atoms with van der Waals surface area (Å²) in [6.07, 6.45) is 5.13. The van der Waals surface area contributed by atoms with Gasteiger partial charge in [0.05, 0.1) is 12.7 Å². The molecule has 0 radical (unpaired) electrons. The summed E-state index contributed by atoms with van der Waals surface area (Å²) in [6.45, 7) is 1.91. The Kier molecular flexibility index (Phi) is 5.52. The molecule has 5 rings (SSSR count). The van der Waals surface area contributed by atoms with Crippen LogP contribution in [0.4, 0.5) is 15.1 Å². The second-order valence-corrected chi connectivity index (χ2v) is 9.11. The summed E-state index contributed by atoms with van der Waals surface area (Å²) in [4.78, 5) is 24.3. The summed E-state index contributed by atoms with van der Waals surface area (Å²) in [7, 11) is -0.782. The van der Waals surface area contributed by atoms with Gasteiger partial charge in [0, 0.05) is 65.1 Å². The number of carbonyl (C=O) groups excluding carboxylic acids is 1. The molecule has 10 nitrogen and oxygen atoms in total. The molecular weight excluding hydrogens is 437 g/mol. The highest BCUT2D eigenvalue weighted by atomic mass is 32.2. The van der Waals surface area contributed by atoms with Crippen molar-refractivity contribution in [3.8, 4) is 11.1 Å². The highest BCUT2D eigenvalue weighted by Crippen LogP contribution is 2.30. The van der Waals surface area contributed by atoms with Crippen molar-refractivity contribution in [2.45, 2.75) is 6.17 Å². The highest BCUT2D eigenvalue weighted by Gasteiger charge is 2.33. The highest BCUT2D eigenvalue weighted by molar-refractivity contribution is 7.85. The number of cyclic esters (lactones) is 1. The second-order valence-electron chi connectivity index (χ2n) is 7.41. The maximum Gasteiger partial charge on any atom is 0.411 e. The Bertz CT molecular complexity index is 1130. The molecule has 166 valence electrons. The van der Waals surface area contributed by atoms with Gasteiger partial charge in [0.2, 0.25) is 5.95 Å². The lowest BCUT2D eigenvalue weighted by Gasteiger charge is -2.26. The average Bonchev–Trinajstić information content (AvgIpc) is 3.48. The van der Waals surface area contributed by atoms with E-state index in [1.54, 1.807) is 30.7 Å². The van der Waals surface area contributed by atoms with E-state index in [-0.39, 0.29) is 6.61 Å². The van der Waals surface area contributed by atoms with Crippen LogP contribution in [0, 0.1) is 5.82 Å². The van der Waals surface area contributed by atoms with Crippen molar-refractivity contribution >= 4 is 22.8 Å². The van der Waals surface area contributed by atoms with Crippen molar-refractivity contribution in [1.82, 2.24) is 29.9 Å². The smallest absolute Gasteiger partial charge is 0.411 e. The minimum absolute atomic E-state index is 0.265. The van der Waals surface area contributed by atoms with Gasteiger partial charge in [0.15, 0.2) is 6.17 Å².